The highest BCUT2D eigenvalue weighted by Gasteiger charge is 2.21. The summed E-state index contributed by atoms with van der Waals surface area (Å²) in [6.45, 7) is 12.7. The van der Waals surface area contributed by atoms with Crippen molar-refractivity contribution in [2.45, 2.75) is 59.7 Å². The van der Waals surface area contributed by atoms with E-state index in [1.54, 1.807) is 79.2 Å². The second kappa shape index (κ2) is 18.5. The number of pyridine rings is 2. The van der Waals surface area contributed by atoms with Crippen LogP contribution in [0, 0.1) is 20.2 Å². The number of benzene rings is 1. The number of nitro groups is 2. The monoisotopic (exact) mass is 758 g/mol. The Bertz CT molecular complexity index is 1990. The lowest BCUT2D eigenvalue weighted by molar-refractivity contribution is -0.639. The number of non-ortho nitro benzene ring substituents is 1. The molecule has 21 nitrogen and oxygen atoms in total. The molecular formula is C33H42N8O13. The highest BCUT2D eigenvalue weighted by atomic mass is 16.6. The van der Waals surface area contributed by atoms with E-state index in [9.17, 15) is 39.7 Å². The molecule has 4 aromatic rings. The number of nitrogen functional groups attached to an aromatic ring is 1. The maximum atomic E-state index is 12.0. The molecule has 0 saturated carbocycles. The van der Waals surface area contributed by atoms with Crippen LogP contribution in [0.2, 0.25) is 0 Å². The zero-order valence-electron chi connectivity index (χ0n) is 31.0. The molecule has 0 saturated heterocycles. The zero-order valence-corrected chi connectivity index (χ0v) is 31.0. The number of esters is 1. The van der Waals surface area contributed by atoms with Gasteiger partial charge in [-0.2, -0.15) is 5.10 Å². The SMILES string of the molecule is CCOC(=O)c1cnn2cc(OC)c(NC(=O)OC(C)(C)C)cc12.COc1c[n+](N)ccc1NC(=O)OC(C)(C)C.O=[N+]([O-])c1ccc([O-])c([N+](=O)[O-])c1. The third kappa shape index (κ3) is 13.3. The summed E-state index contributed by atoms with van der Waals surface area (Å²) < 4.78 is 28.5. The van der Waals surface area contributed by atoms with Gasteiger partial charge >= 0.3 is 18.2 Å². The fourth-order valence-corrected chi connectivity index (χ4v) is 3.98. The van der Waals surface area contributed by atoms with Crippen molar-refractivity contribution < 1.29 is 57.7 Å². The molecule has 0 unspecified atom stereocenters. The number of carbonyl (C=O) groups excluding carboxylic acids is 3. The minimum absolute atomic E-state index is 0.259. The fourth-order valence-electron chi connectivity index (χ4n) is 3.98. The summed E-state index contributed by atoms with van der Waals surface area (Å²) in [5, 5.41) is 40.4. The van der Waals surface area contributed by atoms with E-state index in [0.29, 0.717) is 40.0 Å². The minimum Gasteiger partial charge on any atom is -0.868 e. The number of fused-ring (bicyclic) bond motifs is 1. The summed E-state index contributed by atoms with van der Waals surface area (Å²) in [6, 6.07) is 5.58. The minimum atomic E-state index is -0.949. The standard InChI is InChI=1S/C16H21N3O5.C11H17N3O3.C6H4N2O5/c1-6-23-14(20)10-8-17-19-9-13(22-5)11(7-12(10)19)18-15(21)24-16(2,3)4;1-11(2,3)17-10(15)13-8-5-6-14(12)7-9(8)16-4;9-6-2-1-4(7(10)11)3-5(6)8(12)13/h7-9H,6H2,1-5H3,(H,18,21);5-7H,12H2,1-4H3;1-3,9H. The fraction of sp³-hybridized carbons (Fsp3) is 0.364. The van der Waals surface area contributed by atoms with Gasteiger partial charge in [-0.25, -0.2) is 24.7 Å². The number of hydrogen-bond donors (Lipinski definition) is 3. The summed E-state index contributed by atoms with van der Waals surface area (Å²) in [4.78, 5) is 54.1. The van der Waals surface area contributed by atoms with Gasteiger partial charge in [0, 0.05) is 12.1 Å². The molecule has 0 bridgehead atoms. The highest BCUT2D eigenvalue weighted by molar-refractivity contribution is 5.98. The Labute approximate surface area is 308 Å². The molecule has 0 aliphatic carbocycles. The second-order valence-electron chi connectivity index (χ2n) is 12.7. The van der Waals surface area contributed by atoms with E-state index < -0.39 is 56.3 Å². The Balaban J connectivity index is 0.000000295. The van der Waals surface area contributed by atoms with E-state index >= 15 is 0 Å². The topological polar surface area (TPSA) is 278 Å². The van der Waals surface area contributed by atoms with E-state index in [-0.39, 0.29) is 6.61 Å². The van der Waals surface area contributed by atoms with Gasteiger partial charge in [0.15, 0.2) is 5.75 Å². The van der Waals surface area contributed by atoms with E-state index in [0.717, 1.165) is 12.1 Å². The van der Waals surface area contributed by atoms with Crippen molar-refractivity contribution in [3.8, 4) is 17.2 Å². The van der Waals surface area contributed by atoms with Crippen LogP contribution in [0.25, 0.3) is 5.52 Å². The van der Waals surface area contributed by atoms with Gasteiger partial charge in [-0.15, -0.1) is 0 Å². The van der Waals surface area contributed by atoms with Gasteiger partial charge in [0.2, 0.25) is 18.1 Å². The number of ether oxygens (including phenoxy) is 5. The Morgan fingerprint density at radius 3 is 1.96 bits per heavy atom. The number of nitrogens with two attached hydrogens (primary N) is 1. The molecule has 292 valence electrons. The molecule has 3 aromatic heterocycles. The highest BCUT2D eigenvalue weighted by Crippen LogP contribution is 2.29. The van der Waals surface area contributed by atoms with Gasteiger partial charge < -0.3 is 28.8 Å². The lowest BCUT2D eigenvalue weighted by Crippen LogP contribution is -2.43. The number of rotatable bonds is 8. The number of nitro benzene ring substituents is 2. The molecule has 0 radical (unpaired) electrons. The lowest BCUT2D eigenvalue weighted by atomic mass is 10.2. The number of nitrogens with zero attached hydrogens (tertiary/aromatic N) is 5. The molecule has 0 aliphatic rings. The first-order chi connectivity index (χ1) is 25.1. The largest absolute Gasteiger partial charge is 0.868 e. The molecular weight excluding hydrogens is 716 g/mol. The zero-order chi connectivity index (χ0) is 41.0. The van der Waals surface area contributed by atoms with Gasteiger partial charge in [0.25, 0.3) is 11.4 Å². The number of carbonyl (C=O) groups is 3. The number of amides is 2. The van der Waals surface area contributed by atoms with E-state index in [4.69, 9.17) is 29.5 Å². The van der Waals surface area contributed by atoms with Crippen LogP contribution < -0.4 is 35.7 Å². The van der Waals surface area contributed by atoms with Crippen molar-refractivity contribution in [3.63, 3.8) is 0 Å². The predicted octanol–water partition coefficient (Wildman–Crippen LogP) is 4.49. The maximum Gasteiger partial charge on any atom is 0.412 e. The summed E-state index contributed by atoms with van der Waals surface area (Å²) in [5.41, 5.74) is -0.769. The first-order valence-corrected chi connectivity index (χ1v) is 15.8. The van der Waals surface area contributed by atoms with Crippen LogP contribution in [0.4, 0.5) is 32.3 Å². The third-order valence-electron chi connectivity index (χ3n) is 6.12. The van der Waals surface area contributed by atoms with Crippen molar-refractivity contribution in [1.29, 1.82) is 0 Å². The molecule has 0 atom stereocenters. The summed E-state index contributed by atoms with van der Waals surface area (Å²) in [7, 11) is 2.97. The Hall–Kier alpha value is -6.93. The lowest BCUT2D eigenvalue weighted by Gasteiger charge is -2.20. The van der Waals surface area contributed by atoms with Crippen LogP contribution in [-0.2, 0) is 14.2 Å². The van der Waals surface area contributed by atoms with Gasteiger partial charge in [0.1, 0.15) is 16.8 Å². The van der Waals surface area contributed by atoms with Crippen LogP contribution in [0.5, 0.6) is 17.2 Å². The summed E-state index contributed by atoms with van der Waals surface area (Å²) >= 11 is 0. The van der Waals surface area contributed by atoms with Crippen molar-refractivity contribution >= 4 is 46.4 Å². The quantitative estimate of drug-likeness (QED) is 0.0557. The van der Waals surface area contributed by atoms with Crippen LogP contribution in [0.3, 0.4) is 0 Å². The van der Waals surface area contributed by atoms with Crippen LogP contribution >= 0.6 is 0 Å². The predicted molar refractivity (Wildman–Crippen MR) is 190 cm³/mol. The van der Waals surface area contributed by atoms with Gasteiger partial charge in [-0.1, -0.05) is 10.7 Å². The normalized spacial score (nSPS) is 10.7. The smallest absolute Gasteiger partial charge is 0.412 e. The molecule has 21 heteroatoms. The number of hydrogen-bond acceptors (Lipinski definition) is 15. The number of nitrogens with one attached hydrogen (secondary N) is 2. The van der Waals surface area contributed by atoms with Crippen molar-refractivity contribution in [2.75, 3.05) is 37.3 Å². The molecule has 4 N–H and O–H groups in total. The van der Waals surface area contributed by atoms with E-state index in [1.165, 1.54) is 29.6 Å². The molecule has 1 aromatic carbocycles. The second-order valence-corrected chi connectivity index (χ2v) is 12.7. The molecule has 2 amide bonds. The number of anilines is 2. The van der Waals surface area contributed by atoms with Crippen molar-refractivity contribution in [3.05, 3.63) is 80.9 Å². The third-order valence-corrected chi connectivity index (χ3v) is 6.12. The number of methoxy groups -OCH3 is 2. The van der Waals surface area contributed by atoms with Crippen LogP contribution in [-0.4, -0.2) is 69.6 Å². The van der Waals surface area contributed by atoms with Crippen molar-refractivity contribution in [2.24, 2.45) is 0 Å². The van der Waals surface area contributed by atoms with Crippen molar-refractivity contribution in [1.82, 2.24) is 9.61 Å². The summed E-state index contributed by atoms with van der Waals surface area (Å²) in [6.07, 6.45) is 4.95. The molecule has 3 heterocycles. The van der Waals surface area contributed by atoms with Gasteiger partial charge in [0.05, 0.1) is 66.0 Å². The molecule has 0 aliphatic heterocycles. The van der Waals surface area contributed by atoms with Crippen LogP contribution in [0.15, 0.2) is 55.1 Å². The Kier molecular flexibility index (Phi) is 14.8. The summed E-state index contributed by atoms with van der Waals surface area (Å²) in [5.74, 6) is 5.05. The van der Waals surface area contributed by atoms with Gasteiger partial charge in [-0.3, -0.25) is 30.9 Å². The number of aromatic nitrogens is 3. The Morgan fingerprint density at radius 2 is 1.46 bits per heavy atom. The molecule has 0 spiro atoms. The maximum absolute atomic E-state index is 12.0. The van der Waals surface area contributed by atoms with E-state index in [2.05, 4.69) is 15.7 Å². The first-order valence-electron chi connectivity index (χ1n) is 15.8. The Morgan fingerprint density at radius 1 is 0.889 bits per heavy atom. The average molecular weight is 759 g/mol. The molecule has 4 rings (SSSR count). The van der Waals surface area contributed by atoms with Crippen LogP contribution in [0.1, 0.15) is 58.8 Å². The van der Waals surface area contributed by atoms with Gasteiger partial charge in [-0.05, 0) is 60.3 Å². The molecule has 54 heavy (non-hydrogen) atoms. The molecule has 0 fully saturated rings. The average Bonchev–Trinajstić information content (AvgIpc) is 3.47. The van der Waals surface area contributed by atoms with E-state index in [1.807, 2.05) is 0 Å². The first kappa shape index (κ1) is 43.2.